The summed E-state index contributed by atoms with van der Waals surface area (Å²) in [7, 11) is 0. The Morgan fingerprint density at radius 1 is 1.03 bits per heavy atom. The zero-order valence-corrected chi connectivity index (χ0v) is 18.3. The Morgan fingerprint density at radius 2 is 1.77 bits per heavy atom. The van der Waals surface area contributed by atoms with Crippen LogP contribution >= 0.6 is 0 Å². The lowest BCUT2D eigenvalue weighted by molar-refractivity contribution is -0.135. The van der Waals surface area contributed by atoms with Crippen LogP contribution in [0.3, 0.4) is 0 Å². The van der Waals surface area contributed by atoms with Crippen molar-refractivity contribution in [2.45, 2.75) is 46.2 Å². The van der Waals surface area contributed by atoms with E-state index in [1.54, 1.807) is 11.1 Å². The highest BCUT2D eigenvalue weighted by molar-refractivity contribution is 5.90. The number of hydrogen-bond acceptors (Lipinski definition) is 3. The number of hydrogen-bond donors (Lipinski definition) is 1. The fraction of sp³-hybridized carbons (Fsp3) is 0.400. The lowest BCUT2D eigenvalue weighted by atomic mass is 9.97. The van der Waals surface area contributed by atoms with Gasteiger partial charge in [-0.1, -0.05) is 32.1 Å². The highest BCUT2D eigenvalue weighted by Gasteiger charge is 2.24. The van der Waals surface area contributed by atoms with Gasteiger partial charge in [0, 0.05) is 50.2 Å². The van der Waals surface area contributed by atoms with Crippen LogP contribution in [0.15, 0.2) is 48.8 Å². The molecule has 3 amide bonds. The molecule has 0 bridgehead atoms. The summed E-state index contributed by atoms with van der Waals surface area (Å²) in [4.78, 5) is 33.1. The van der Waals surface area contributed by atoms with Crippen molar-refractivity contribution >= 4 is 23.2 Å². The Kier molecular flexibility index (Phi) is 6.35. The molecule has 0 spiro atoms. The summed E-state index contributed by atoms with van der Waals surface area (Å²) in [6, 6.07) is 9.84. The number of nitrogens with one attached hydrogen (secondary N) is 1. The second-order valence-corrected chi connectivity index (χ2v) is 8.28. The van der Waals surface area contributed by atoms with Crippen LogP contribution in [-0.2, 0) is 17.9 Å². The average molecular weight is 419 g/mol. The van der Waals surface area contributed by atoms with Gasteiger partial charge in [0.15, 0.2) is 0 Å². The van der Waals surface area contributed by atoms with Crippen molar-refractivity contribution in [3.8, 4) is 0 Å². The number of rotatable bonds is 5. The van der Waals surface area contributed by atoms with Crippen LogP contribution in [0, 0.1) is 5.92 Å². The minimum Gasteiger partial charge on any atom is -0.338 e. The number of aromatic nitrogens is 1. The van der Waals surface area contributed by atoms with Crippen LogP contribution < -0.4 is 5.32 Å². The second-order valence-electron chi connectivity index (χ2n) is 8.28. The summed E-state index contributed by atoms with van der Waals surface area (Å²) < 4.78 is 0. The van der Waals surface area contributed by atoms with Gasteiger partial charge in [0.25, 0.3) is 0 Å². The molecule has 1 aromatic carbocycles. The largest absolute Gasteiger partial charge is 0.338 e. The molecular weight excluding hydrogens is 388 g/mol. The van der Waals surface area contributed by atoms with Crippen molar-refractivity contribution < 1.29 is 9.59 Å². The second kappa shape index (κ2) is 9.33. The zero-order valence-electron chi connectivity index (χ0n) is 18.3. The molecule has 6 heteroatoms. The highest BCUT2D eigenvalue weighted by Crippen LogP contribution is 2.26. The van der Waals surface area contributed by atoms with Gasteiger partial charge in [-0.2, -0.15) is 0 Å². The van der Waals surface area contributed by atoms with Gasteiger partial charge in [0.2, 0.25) is 5.91 Å². The van der Waals surface area contributed by atoms with Gasteiger partial charge in [0.1, 0.15) is 0 Å². The molecule has 0 fully saturated rings. The van der Waals surface area contributed by atoms with Crippen LogP contribution in [0.1, 0.15) is 49.8 Å². The van der Waals surface area contributed by atoms with E-state index in [4.69, 9.17) is 0 Å². The smallest absolute Gasteiger partial charge is 0.322 e. The molecule has 2 aromatic rings. The van der Waals surface area contributed by atoms with Gasteiger partial charge in [-0.3, -0.25) is 9.78 Å². The maximum absolute atomic E-state index is 12.6. The van der Waals surface area contributed by atoms with E-state index >= 15 is 0 Å². The number of benzene rings is 1. The number of nitrogens with zero attached hydrogens (tertiary/aromatic N) is 3. The van der Waals surface area contributed by atoms with Crippen LogP contribution in [0.2, 0.25) is 0 Å². The first kappa shape index (κ1) is 21.1. The Hall–Kier alpha value is -3.15. The molecule has 0 saturated heterocycles. The molecule has 3 heterocycles. The van der Waals surface area contributed by atoms with Gasteiger partial charge < -0.3 is 15.1 Å². The Morgan fingerprint density at radius 3 is 2.42 bits per heavy atom. The monoisotopic (exact) mass is 418 g/mol. The van der Waals surface area contributed by atoms with Crippen molar-refractivity contribution in [2.24, 2.45) is 5.92 Å². The van der Waals surface area contributed by atoms with E-state index in [1.807, 2.05) is 41.4 Å². The van der Waals surface area contributed by atoms with E-state index in [0.717, 1.165) is 48.2 Å². The van der Waals surface area contributed by atoms with E-state index in [9.17, 15) is 9.59 Å². The number of pyridine rings is 1. The van der Waals surface area contributed by atoms with E-state index in [2.05, 4.69) is 30.2 Å². The maximum Gasteiger partial charge on any atom is 0.322 e. The Labute approximate surface area is 184 Å². The normalized spacial score (nSPS) is 15.6. The first-order chi connectivity index (χ1) is 15.1. The van der Waals surface area contributed by atoms with Gasteiger partial charge in [-0.15, -0.1) is 0 Å². The van der Waals surface area contributed by atoms with Crippen molar-refractivity contribution in [3.63, 3.8) is 0 Å². The zero-order chi connectivity index (χ0) is 21.8. The molecule has 0 radical (unpaired) electrons. The SMILES string of the molecule is CCC(CC)C(=O)N1CC=C(c2ccc(NC(=O)N3Cc4ccncc4C3)cc2)CC1. The molecule has 0 atom stereocenters. The van der Waals surface area contributed by atoms with Gasteiger partial charge in [-0.25, -0.2) is 4.79 Å². The molecule has 1 aromatic heterocycles. The standard InChI is InChI=1S/C25H30N4O2/c1-3-18(4-2)24(30)28-13-10-20(11-14-28)19-5-7-23(8-6-19)27-25(31)29-16-21-9-12-26-15-22(21)17-29/h5-10,12,15,18H,3-4,11,13-14,16-17H2,1-2H3,(H,27,31). The molecule has 4 rings (SSSR count). The van der Waals surface area contributed by atoms with Crippen molar-refractivity contribution in [1.29, 1.82) is 0 Å². The lowest BCUT2D eigenvalue weighted by Crippen LogP contribution is -2.38. The van der Waals surface area contributed by atoms with Crippen LogP contribution in [0.25, 0.3) is 5.57 Å². The predicted molar refractivity (Wildman–Crippen MR) is 122 cm³/mol. The third kappa shape index (κ3) is 4.63. The van der Waals surface area contributed by atoms with Gasteiger partial charge >= 0.3 is 6.03 Å². The topological polar surface area (TPSA) is 65.5 Å². The number of fused-ring (bicyclic) bond motifs is 1. The first-order valence-electron chi connectivity index (χ1n) is 11.1. The lowest BCUT2D eigenvalue weighted by Gasteiger charge is -2.29. The molecule has 0 saturated carbocycles. The molecule has 0 unspecified atom stereocenters. The van der Waals surface area contributed by atoms with Gasteiger partial charge in [-0.05, 0) is 59.7 Å². The van der Waals surface area contributed by atoms with Crippen molar-refractivity contribution in [3.05, 3.63) is 65.5 Å². The number of amides is 3. The van der Waals surface area contributed by atoms with Crippen LogP contribution in [-0.4, -0.2) is 39.8 Å². The number of carbonyl (C=O) groups is 2. The molecular formula is C25H30N4O2. The third-order valence-corrected chi connectivity index (χ3v) is 6.38. The quantitative estimate of drug-likeness (QED) is 0.767. The third-order valence-electron chi connectivity index (χ3n) is 6.38. The van der Waals surface area contributed by atoms with Gasteiger partial charge in [0.05, 0.1) is 0 Å². The Bertz CT molecular complexity index is 954. The van der Waals surface area contributed by atoms with E-state index in [1.165, 1.54) is 5.57 Å². The van der Waals surface area contributed by atoms with Crippen molar-refractivity contribution in [2.75, 3.05) is 18.4 Å². The summed E-state index contributed by atoms with van der Waals surface area (Å²) >= 11 is 0. The summed E-state index contributed by atoms with van der Waals surface area (Å²) in [6.45, 7) is 6.80. The summed E-state index contributed by atoms with van der Waals surface area (Å²) in [5.74, 6) is 0.413. The molecule has 6 nitrogen and oxygen atoms in total. The Balaban J connectivity index is 1.34. The van der Waals surface area contributed by atoms with Crippen molar-refractivity contribution in [1.82, 2.24) is 14.8 Å². The summed E-state index contributed by atoms with van der Waals surface area (Å²) in [6.07, 6.45) is 8.41. The number of urea groups is 1. The highest BCUT2D eigenvalue weighted by atomic mass is 16.2. The van der Waals surface area contributed by atoms with E-state index in [0.29, 0.717) is 19.6 Å². The fourth-order valence-electron chi connectivity index (χ4n) is 4.36. The maximum atomic E-state index is 12.6. The first-order valence-corrected chi connectivity index (χ1v) is 11.1. The number of carbonyl (C=O) groups excluding carboxylic acids is 2. The van der Waals surface area contributed by atoms with Crippen LogP contribution in [0.5, 0.6) is 0 Å². The molecule has 0 aliphatic carbocycles. The molecule has 162 valence electrons. The van der Waals surface area contributed by atoms with Crippen LogP contribution in [0.4, 0.5) is 10.5 Å². The molecule has 2 aliphatic heterocycles. The molecule has 31 heavy (non-hydrogen) atoms. The predicted octanol–water partition coefficient (Wildman–Crippen LogP) is 4.68. The molecule has 2 aliphatic rings. The minimum absolute atomic E-state index is 0.101. The summed E-state index contributed by atoms with van der Waals surface area (Å²) in [5, 5.41) is 2.99. The molecule has 1 N–H and O–H groups in total. The number of anilines is 1. The minimum atomic E-state index is -0.101. The van der Waals surface area contributed by atoms with E-state index in [-0.39, 0.29) is 17.9 Å². The average Bonchev–Trinajstić information content (AvgIpc) is 3.25. The summed E-state index contributed by atoms with van der Waals surface area (Å²) in [5.41, 5.74) is 5.45. The van der Waals surface area contributed by atoms with E-state index < -0.39 is 0 Å². The fourth-order valence-corrected chi connectivity index (χ4v) is 4.36.